The summed E-state index contributed by atoms with van der Waals surface area (Å²) >= 11 is 1.29. The van der Waals surface area contributed by atoms with Gasteiger partial charge in [0.15, 0.2) is 17.3 Å². The predicted octanol–water partition coefficient (Wildman–Crippen LogP) is 3.46. The van der Waals surface area contributed by atoms with Gasteiger partial charge in [0.2, 0.25) is 11.1 Å². The summed E-state index contributed by atoms with van der Waals surface area (Å²) < 4.78 is 10.5. The molecular weight excluding hydrogens is 388 g/mol. The highest BCUT2D eigenvalue weighted by Crippen LogP contribution is 2.27. The predicted molar refractivity (Wildman–Crippen MR) is 113 cm³/mol. The summed E-state index contributed by atoms with van der Waals surface area (Å²) in [4.78, 5) is 16.6. The molecule has 1 heterocycles. The van der Waals surface area contributed by atoms with Crippen molar-refractivity contribution in [3.8, 4) is 22.9 Å². The molecule has 0 saturated carbocycles. The van der Waals surface area contributed by atoms with Crippen LogP contribution in [-0.2, 0) is 17.8 Å². The van der Waals surface area contributed by atoms with Crippen molar-refractivity contribution in [2.75, 3.05) is 20.0 Å². The molecule has 7 nitrogen and oxygen atoms in total. The van der Waals surface area contributed by atoms with Gasteiger partial charge in [-0.15, -0.1) is 5.10 Å². The number of aromatic amines is 1. The zero-order valence-electron chi connectivity index (χ0n) is 16.7. The number of carbonyl (C=O) groups is 1. The number of methoxy groups -OCH3 is 2. The Labute approximate surface area is 174 Å². The summed E-state index contributed by atoms with van der Waals surface area (Å²) in [6, 6.07) is 13.7. The molecule has 3 rings (SSSR count). The van der Waals surface area contributed by atoms with Gasteiger partial charge >= 0.3 is 0 Å². The third kappa shape index (κ3) is 5.51. The molecular formula is C21H24N4O3S. The molecule has 0 radical (unpaired) electrons. The largest absolute Gasteiger partial charge is 0.493 e. The summed E-state index contributed by atoms with van der Waals surface area (Å²) in [5.74, 6) is 2.13. The molecule has 0 aliphatic carbocycles. The Morgan fingerprint density at radius 2 is 1.79 bits per heavy atom. The minimum absolute atomic E-state index is 0.0940. The van der Waals surface area contributed by atoms with Crippen LogP contribution in [0, 0.1) is 0 Å². The molecule has 0 fully saturated rings. The zero-order chi connectivity index (χ0) is 20.6. The SMILES string of the molecule is CCc1ccc(-c2nc(SCC(=O)NCc3ccc(OC)c(OC)c3)n[nH]2)cc1. The van der Waals surface area contributed by atoms with E-state index in [1.807, 2.05) is 30.3 Å². The van der Waals surface area contributed by atoms with E-state index in [1.165, 1.54) is 17.3 Å². The molecule has 0 spiro atoms. The van der Waals surface area contributed by atoms with Crippen LogP contribution in [0.4, 0.5) is 0 Å². The van der Waals surface area contributed by atoms with Crippen molar-refractivity contribution >= 4 is 17.7 Å². The number of benzene rings is 2. The molecule has 2 aromatic carbocycles. The minimum Gasteiger partial charge on any atom is -0.493 e. The summed E-state index contributed by atoms with van der Waals surface area (Å²) in [7, 11) is 3.17. The normalized spacial score (nSPS) is 10.6. The van der Waals surface area contributed by atoms with Gasteiger partial charge < -0.3 is 14.8 Å². The number of thioether (sulfide) groups is 1. The molecule has 0 saturated heterocycles. The maximum absolute atomic E-state index is 12.2. The first-order valence-corrected chi connectivity index (χ1v) is 10.2. The molecule has 152 valence electrons. The molecule has 29 heavy (non-hydrogen) atoms. The van der Waals surface area contributed by atoms with Crippen LogP contribution in [-0.4, -0.2) is 41.1 Å². The zero-order valence-corrected chi connectivity index (χ0v) is 17.5. The second-order valence-corrected chi connectivity index (χ2v) is 7.21. The van der Waals surface area contributed by atoms with Crippen LogP contribution in [0.3, 0.4) is 0 Å². The lowest BCUT2D eigenvalue weighted by Gasteiger charge is -2.10. The Bertz CT molecular complexity index is 957. The van der Waals surface area contributed by atoms with Gasteiger partial charge in [-0.05, 0) is 29.7 Å². The van der Waals surface area contributed by atoms with Crippen molar-refractivity contribution in [2.45, 2.75) is 25.0 Å². The Balaban J connectivity index is 1.50. The van der Waals surface area contributed by atoms with Crippen molar-refractivity contribution in [1.82, 2.24) is 20.5 Å². The minimum atomic E-state index is -0.0940. The van der Waals surface area contributed by atoms with Crippen LogP contribution in [0.25, 0.3) is 11.4 Å². The van der Waals surface area contributed by atoms with E-state index in [9.17, 15) is 4.79 Å². The Morgan fingerprint density at radius 3 is 2.48 bits per heavy atom. The monoisotopic (exact) mass is 412 g/mol. The lowest BCUT2D eigenvalue weighted by atomic mass is 10.1. The highest BCUT2D eigenvalue weighted by atomic mass is 32.2. The smallest absolute Gasteiger partial charge is 0.230 e. The van der Waals surface area contributed by atoms with E-state index in [2.05, 4.69) is 39.6 Å². The van der Waals surface area contributed by atoms with Gasteiger partial charge in [0.05, 0.1) is 20.0 Å². The standard InChI is InChI=1S/C21H24N4O3S/c1-4-14-5-8-16(9-6-14)20-23-21(25-24-20)29-13-19(26)22-12-15-7-10-17(27-2)18(11-15)28-3/h5-11H,4,12-13H2,1-3H3,(H,22,26)(H,23,24,25). The van der Waals surface area contributed by atoms with Crippen molar-refractivity contribution in [3.05, 3.63) is 53.6 Å². The molecule has 1 aromatic heterocycles. The molecule has 3 aromatic rings. The van der Waals surface area contributed by atoms with E-state index in [4.69, 9.17) is 9.47 Å². The average Bonchev–Trinajstić information content (AvgIpc) is 3.25. The summed E-state index contributed by atoms with van der Waals surface area (Å²) in [6.45, 7) is 2.52. The third-order valence-corrected chi connectivity index (χ3v) is 5.22. The number of aromatic nitrogens is 3. The van der Waals surface area contributed by atoms with Crippen molar-refractivity contribution < 1.29 is 14.3 Å². The topological polar surface area (TPSA) is 89.1 Å². The fraction of sp³-hybridized carbons (Fsp3) is 0.286. The summed E-state index contributed by atoms with van der Waals surface area (Å²) in [5.41, 5.74) is 3.17. The van der Waals surface area contributed by atoms with Gasteiger partial charge in [-0.25, -0.2) is 4.98 Å². The number of rotatable bonds is 9. The highest BCUT2D eigenvalue weighted by molar-refractivity contribution is 7.99. The molecule has 0 unspecified atom stereocenters. The molecule has 8 heteroatoms. The fourth-order valence-corrected chi connectivity index (χ4v) is 3.34. The summed E-state index contributed by atoms with van der Waals surface area (Å²) in [6.07, 6.45) is 0.996. The molecule has 0 aliphatic rings. The first-order chi connectivity index (χ1) is 14.1. The van der Waals surface area contributed by atoms with Gasteiger partial charge in [0.1, 0.15) is 0 Å². The fourth-order valence-electron chi connectivity index (χ4n) is 2.71. The van der Waals surface area contributed by atoms with E-state index in [0.717, 1.165) is 17.5 Å². The number of hydrogen-bond donors (Lipinski definition) is 2. The van der Waals surface area contributed by atoms with E-state index in [1.54, 1.807) is 14.2 Å². The van der Waals surface area contributed by atoms with Gasteiger partial charge in [0, 0.05) is 12.1 Å². The molecule has 1 amide bonds. The number of carbonyl (C=O) groups excluding carboxylic acids is 1. The molecule has 0 bridgehead atoms. The first-order valence-electron chi connectivity index (χ1n) is 9.25. The lowest BCUT2D eigenvalue weighted by Crippen LogP contribution is -2.24. The Hall–Kier alpha value is -3.00. The Morgan fingerprint density at radius 1 is 1.07 bits per heavy atom. The highest BCUT2D eigenvalue weighted by Gasteiger charge is 2.10. The number of nitrogens with zero attached hydrogens (tertiary/aromatic N) is 2. The van der Waals surface area contributed by atoms with Crippen LogP contribution < -0.4 is 14.8 Å². The number of aryl methyl sites for hydroxylation is 1. The number of nitrogens with one attached hydrogen (secondary N) is 2. The van der Waals surface area contributed by atoms with E-state index >= 15 is 0 Å². The molecule has 0 atom stereocenters. The van der Waals surface area contributed by atoms with E-state index in [-0.39, 0.29) is 11.7 Å². The van der Waals surface area contributed by atoms with Gasteiger partial charge in [-0.2, -0.15) is 0 Å². The number of amides is 1. The summed E-state index contributed by atoms with van der Waals surface area (Å²) in [5, 5.41) is 10.5. The number of ether oxygens (including phenoxy) is 2. The van der Waals surface area contributed by atoms with E-state index in [0.29, 0.717) is 29.0 Å². The van der Waals surface area contributed by atoms with Crippen LogP contribution in [0.2, 0.25) is 0 Å². The lowest BCUT2D eigenvalue weighted by molar-refractivity contribution is -0.118. The van der Waals surface area contributed by atoms with Crippen LogP contribution in [0.5, 0.6) is 11.5 Å². The van der Waals surface area contributed by atoms with Crippen LogP contribution in [0.1, 0.15) is 18.1 Å². The van der Waals surface area contributed by atoms with E-state index < -0.39 is 0 Å². The van der Waals surface area contributed by atoms with Gasteiger partial charge in [-0.1, -0.05) is 49.0 Å². The second kappa shape index (κ2) is 9.97. The van der Waals surface area contributed by atoms with Crippen LogP contribution >= 0.6 is 11.8 Å². The molecule has 0 aliphatic heterocycles. The van der Waals surface area contributed by atoms with Crippen molar-refractivity contribution in [1.29, 1.82) is 0 Å². The second-order valence-electron chi connectivity index (χ2n) is 6.27. The first kappa shape index (κ1) is 20.7. The van der Waals surface area contributed by atoms with Gasteiger partial charge in [-0.3, -0.25) is 9.89 Å². The van der Waals surface area contributed by atoms with Gasteiger partial charge in [0.25, 0.3) is 0 Å². The van der Waals surface area contributed by atoms with Crippen molar-refractivity contribution in [3.63, 3.8) is 0 Å². The van der Waals surface area contributed by atoms with Crippen molar-refractivity contribution in [2.24, 2.45) is 0 Å². The quantitative estimate of drug-likeness (QED) is 0.523. The number of H-pyrrole nitrogens is 1. The van der Waals surface area contributed by atoms with Crippen LogP contribution in [0.15, 0.2) is 47.6 Å². The number of hydrogen-bond acceptors (Lipinski definition) is 6. The Kier molecular flexibility index (Phi) is 7.13. The maximum Gasteiger partial charge on any atom is 0.230 e. The average molecular weight is 413 g/mol. The molecule has 2 N–H and O–H groups in total. The third-order valence-electron chi connectivity index (χ3n) is 4.37. The maximum atomic E-state index is 12.2.